The summed E-state index contributed by atoms with van der Waals surface area (Å²) in [4.78, 5) is 22.3. The van der Waals surface area contributed by atoms with Gasteiger partial charge in [0.05, 0.1) is 11.0 Å². The fourth-order valence-corrected chi connectivity index (χ4v) is 4.85. The Hall–Kier alpha value is -3.84. The van der Waals surface area contributed by atoms with Crippen molar-refractivity contribution in [3.8, 4) is 5.75 Å². The summed E-state index contributed by atoms with van der Waals surface area (Å²) in [5, 5.41) is 2.93. The number of fused-ring (bicyclic) bond motifs is 1. The van der Waals surface area contributed by atoms with Gasteiger partial charge in [0, 0.05) is 57.6 Å². The molecule has 37 heavy (non-hydrogen) atoms. The molecular weight excluding hydrogens is 462 g/mol. The van der Waals surface area contributed by atoms with E-state index in [0.717, 1.165) is 67.3 Å². The van der Waals surface area contributed by atoms with E-state index in [4.69, 9.17) is 9.72 Å². The van der Waals surface area contributed by atoms with Crippen LogP contribution in [0.15, 0.2) is 66.7 Å². The fourth-order valence-electron chi connectivity index (χ4n) is 4.85. The number of hydrogen-bond acceptors (Lipinski definition) is 5. The Morgan fingerprint density at radius 1 is 0.946 bits per heavy atom. The Labute approximate surface area is 218 Å². The van der Waals surface area contributed by atoms with Crippen molar-refractivity contribution in [1.29, 1.82) is 0 Å². The van der Waals surface area contributed by atoms with Gasteiger partial charge < -0.3 is 19.5 Å². The number of nitrogens with zero attached hydrogens (tertiary/aromatic N) is 4. The number of carbonyl (C=O) groups is 1. The van der Waals surface area contributed by atoms with Crippen molar-refractivity contribution in [2.45, 2.75) is 20.3 Å². The highest BCUT2D eigenvalue weighted by Crippen LogP contribution is 2.21. The third-order valence-electron chi connectivity index (χ3n) is 7.04. The van der Waals surface area contributed by atoms with Gasteiger partial charge >= 0.3 is 0 Å². The summed E-state index contributed by atoms with van der Waals surface area (Å²) in [5.41, 5.74) is 6.38. The number of hydrogen-bond donors (Lipinski definition) is 1. The summed E-state index contributed by atoms with van der Waals surface area (Å²) < 4.78 is 7.78. The van der Waals surface area contributed by atoms with Gasteiger partial charge in [0.2, 0.25) is 0 Å². The van der Waals surface area contributed by atoms with E-state index >= 15 is 0 Å². The van der Waals surface area contributed by atoms with Gasteiger partial charge in [-0.25, -0.2) is 4.98 Å². The highest BCUT2D eigenvalue weighted by atomic mass is 16.5. The van der Waals surface area contributed by atoms with Crippen LogP contribution in [0.1, 0.15) is 17.0 Å². The molecule has 7 heteroatoms. The summed E-state index contributed by atoms with van der Waals surface area (Å²) in [6.07, 6.45) is 0.891. The number of carbonyl (C=O) groups excluding carboxylic acids is 1. The van der Waals surface area contributed by atoms with Gasteiger partial charge in [0.15, 0.2) is 6.61 Å². The predicted molar refractivity (Wildman–Crippen MR) is 150 cm³/mol. The standard InChI is InChI=1S/C30H35N5O2/c1-22-7-10-25(11-8-22)35-17-15-34(16-18-35)14-13-29-32-27-20-24(9-12-28(27)33(29)3)31-30(36)21-37-26-6-4-5-23(2)19-26/h4-12,19-20H,13-18,21H2,1-3H3,(H,31,36). The summed E-state index contributed by atoms with van der Waals surface area (Å²) in [6.45, 7) is 9.27. The van der Waals surface area contributed by atoms with E-state index in [9.17, 15) is 4.79 Å². The van der Waals surface area contributed by atoms with Crippen LogP contribution in [-0.2, 0) is 18.3 Å². The molecule has 0 spiro atoms. The molecule has 0 atom stereocenters. The summed E-state index contributed by atoms with van der Waals surface area (Å²) in [7, 11) is 2.06. The third-order valence-corrected chi connectivity index (χ3v) is 7.04. The number of imidazole rings is 1. The third kappa shape index (κ3) is 6.12. The molecule has 1 aliphatic heterocycles. The van der Waals surface area contributed by atoms with Crippen molar-refractivity contribution < 1.29 is 9.53 Å². The number of anilines is 2. The Bertz CT molecular complexity index is 1370. The number of nitrogens with one attached hydrogen (secondary N) is 1. The lowest BCUT2D eigenvalue weighted by atomic mass is 10.2. The molecule has 4 aromatic rings. The molecule has 0 unspecified atom stereocenters. The van der Waals surface area contributed by atoms with E-state index in [1.807, 2.05) is 49.4 Å². The van der Waals surface area contributed by atoms with Crippen LogP contribution in [0.25, 0.3) is 11.0 Å². The van der Waals surface area contributed by atoms with E-state index in [-0.39, 0.29) is 12.5 Å². The first-order valence-electron chi connectivity index (χ1n) is 12.9. The maximum absolute atomic E-state index is 12.4. The molecule has 0 radical (unpaired) electrons. The number of ether oxygens (including phenoxy) is 1. The van der Waals surface area contributed by atoms with E-state index < -0.39 is 0 Å². The lowest BCUT2D eigenvalue weighted by molar-refractivity contribution is -0.118. The first kappa shape index (κ1) is 24.8. The Morgan fingerprint density at radius 2 is 1.73 bits per heavy atom. The van der Waals surface area contributed by atoms with Gasteiger partial charge in [-0.2, -0.15) is 0 Å². The molecule has 2 heterocycles. The van der Waals surface area contributed by atoms with Crippen LogP contribution in [0.5, 0.6) is 5.75 Å². The topological polar surface area (TPSA) is 62.6 Å². The smallest absolute Gasteiger partial charge is 0.262 e. The quantitative estimate of drug-likeness (QED) is 0.386. The molecular formula is C30H35N5O2. The lowest BCUT2D eigenvalue weighted by Crippen LogP contribution is -2.47. The SMILES string of the molecule is Cc1ccc(N2CCN(CCc3nc4cc(NC(=O)COc5cccc(C)c5)ccc4n3C)CC2)cc1. The predicted octanol–water partition coefficient (Wildman–Crippen LogP) is 4.57. The molecule has 1 aromatic heterocycles. The van der Waals surface area contributed by atoms with E-state index in [2.05, 4.69) is 57.9 Å². The molecule has 1 amide bonds. The van der Waals surface area contributed by atoms with Crippen molar-refractivity contribution in [3.63, 3.8) is 0 Å². The Kier molecular flexibility index (Phi) is 7.42. The zero-order valence-electron chi connectivity index (χ0n) is 21.9. The molecule has 3 aromatic carbocycles. The zero-order valence-corrected chi connectivity index (χ0v) is 21.9. The maximum atomic E-state index is 12.4. The van der Waals surface area contributed by atoms with Gasteiger partial charge in [0.1, 0.15) is 11.6 Å². The van der Waals surface area contributed by atoms with Crippen LogP contribution in [0, 0.1) is 13.8 Å². The van der Waals surface area contributed by atoms with Crippen molar-refractivity contribution in [1.82, 2.24) is 14.5 Å². The normalized spacial score (nSPS) is 14.2. The van der Waals surface area contributed by atoms with Gasteiger partial charge in [-0.05, 0) is 61.9 Å². The minimum Gasteiger partial charge on any atom is -0.484 e. The summed E-state index contributed by atoms with van der Waals surface area (Å²) in [6, 6.07) is 22.4. The Balaban J connectivity index is 1.14. The van der Waals surface area contributed by atoms with Gasteiger partial charge in [-0.3, -0.25) is 9.69 Å². The molecule has 192 valence electrons. The van der Waals surface area contributed by atoms with E-state index in [0.29, 0.717) is 5.75 Å². The minimum atomic E-state index is -0.193. The number of rotatable bonds is 8. The first-order valence-corrected chi connectivity index (χ1v) is 12.9. The summed E-state index contributed by atoms with van der Waals surface area (Å²) in [5.74, 6) is 1.56. The van der Waals surface area contributed by atoms with Crippen LogP contribution in [0.4, 0.5) is 11.4 Å². The number of piperazine rings is 1. The van der Waals surface area contributed by atoms with Gasteiger partial charge in [-0.1, -0.05) is 29.8 Å². The zero-order chi connectivity index (χ0) is 25.8. The van der Waals surface area contributed by atoms with Crippen molar-refractivity contribution in [2.75, 3.05) is 49.5 Å². The van der Waals surface area contributed by atoms with Crippen LogP contribution in [0.3, 0.4) is 0 Å². The largest absolute Gasteiger partial charge is 0.484 e. The first-order chi connectivity index (χ1) is 17.9. The minimum absolute atomic E-state index is 0.0356. The van der Waals surface area contributed by atoms with Crippen LogP contribution in [-0.4, -0.2) is 59.7 Å². The molecule has 7 nitrogen and oxygen atoms in total. The highest BCUT2D eigenvalue weighted by molar-refractivity contribution is 5.94. The monoisotopic (exact) mass is 497 g/mol. The molecule has 0 aliphatic carbocycles. The maximum Gasteiger partial charge on any atom is 0.262 e. The van der Waals surface area contributed by atoms with Crippen molar-refractivity contribution in [3.05, 3.63) is 83.7 Å². The van der Waals surface area contributed by atoms with Crippen LogP contribution < -0.4 is 15.0 Å². The second kappa shape index (κ2) is 11.0. The van der Waals surface area contributed by atoms with Crippen LogP contribution >= 0.6 is 0 Å². The average Bonchev–Trinajstić information content (AvgIpc) is 3.21. The van der Waals surface area contributed by atoms with Crippen LogP contribution in [0.2, 0.25) is 0 Å². The van der Waals surface area contributed by atoms with E-state index in [1.54, 1.807) is 0 Å². The second-order valence-corrected chi connectivity index (χ2v) is 9.86. The van der Waals surface area contributed by atoms with Crippen molar-refractivity contribution >= 4 is 28.3 Å². The number of aromatic nitrogens is 2. The van der Waals surface area contributed by atoms with Gasteiger partial charge in [0.25, 0.3) is 5.91 Å². The summed E-state index contributed by atoms with van der Waals surface area (Å²) >= 11 is 0. The number of benzene rings is 3. The van der Waals surface area contributed by atoms with Gasteiger partial charge in [-0.15, -0.1) is 0 Å². The molecule has 1 saturated heterocycles. The average molecular weight is 498 g/mol. The molecule has 1 aliphatic rings. The number of amides is 1. The van der Waals surface area contributed by atoms with E-state index in [1.165, 1.54) is 11.3 Å². The Morgan fingerprint density at radius 3 is 2.49 bits per heavy atom. The molecule has 0 saturated carbocycles. The fraction of sp³-hybridized carbons (Fsp3) is 0.333. The molecule has 5 rings (SSSR count). The molecule has 1 fully saturated rings. The second-order valence-electron chi connectivity index (χ2n) is 9.86. The highest BCUT2D eigenvalue weighted by Gasteiger charge is 2.18. The lowest BCUT2D eigenvalue weighted by Gasteiger charge is -2.36. The molecule has 0 bridgehead atoms. The number of aryl methyl sites for hydroxylation is 3. The van der Waals surface area contributed by atoms with Crippen molar-refractivity contribution in [2.24, 2.45) is 7.05 Å². The molecule has 1 N–H and O–H groups in total.